The van der Waals surface area contributed by atoms with Crippen LogP contribution in [0.5, 0.6) is 0 Å². The molecule has 1 heterocycles. The van der Waals surface area contributed by atoms with Gasteiger partial charge in [-0.2, -0.15) is 8.78 Å². The van der Waals surface area contributed by atoms with Crippen LogP contribution < -0.4 is 5.43 Å². The summed E-state index contributed by atoms with van der Waals surface area (Å²) in [7, 11) is 0. The van der Waals surface area contributed by atoms with Gasteiger partial charge in [0.1, 0.15) is 5.70 Å². The number of rotatable bonds is 2. The molecule has 1 aliphatic heterocycles. The highest BCUT2D eigenvalue weighted by molar-refractivity contribution is 6.30. The molecule has 0 saturated carbocycles. The molecule has 1 fully saturated rings. The number of halogens is 5. The zero-order valence-corrected chi connectivity index (χ0v) is 11.0. The van der Waals surface area contributed by atoms with Crippen LogP contribution in [0.3, 0.4) is 0 Å². The first kappa shape index (κ1) is 15.6. The second kappa shape index (κ2) is 5.53. The largest absolute Gasteiger partial charge is 0.364 e. The summed E-state index contributed by atoms with van der Waals surface area (Å²) in [5, 5.41) is 10.1. The fraction of sp³-hybridized carbons (Fsp3) is 0.250. The molecule has 1 aromatic carbocycles. The molecule has 2 N–H and O–H groups in total. The van der Waals surface area contributed by atoms with Gasteiger partial charge in [-0.1, -0.05) is 17.7 Å². The first-order chi connectivity index (χ1) is 9.75. The van der Waals surface area contributed by atoms with Gasteiger partial charge in [-0.25, -0.2) is 13.8 Å². The molecule has 0 spiro atoms. The zero-order chi connectivity index (χ0) is 15.8. The third-order valence-corrected chi connectivity index (χ3v) is 3.16. The van der Waals surface area contributed by atoms with Crippen molar-refractivity contribution in [3.63, 3.8) is 0 Å². The normalized spacial score (nSPS) is 21.7. The van der Waals surface area contributed by atoms with E-state index < -0.39 is 36.3 Å². The summed E-state index contributed by atoms with van der Waals surface area (Å²) in [6.07, 6.45) is -6.82. The molecule has 1 atom stereocenters. The lowest BCUT2D eigenvalue weighted by molar-refractivity contribution is -0.168. The van der Waals surface area contributed by atoms with Gasteiger partial charge in [0, 0.05) is 10.6 Å². The van der Waals surface area contributed by atoms with Crippen molar-refractivity contribution in [1.29, 1.82) is 0 Å². The van der Waals surface area contributed by atoms with E-state index in [0.29, 0.717) is 0 Å². The van der Waals surface area contributed by atoms with Crippen molar-refractivity contribution in [2.45, 2.75) is 18.6 Å². The Bertz CT molecular complexity index is 607. The molecular weight excluding hydrogens is 316 g/mol. The Morgan fingerprint density at radius 3 is 2.62 bits per heavy atom. The maximum atomic E-state index is 13.0. The van der Waals surface area contributed by atoms with Crippen molar-refractivity contribution in [2.24, 2.45) is 0 Å². The first-order valence-electron chi connectivity index (χ1n) is 5.67. The van der Waals surface area contributed by atoms with Crippen LogP contribution in [0.1, 0.15) is 16.8 Å². The number of hydrogen-bond acceptors (Lipinski definition) is 3. The van der Waals surface area contributed by atoms with Gasteiger partial charge in [0.25, 0.3) is 18.4 Å². The standard InChI is InChI=1S/C12H9ClF4N2O2/c13-7-3-1-2-6(4-7)10(20)19-12(21,11(16)17)5-8(18-19)9(14)15/h1-4,11,18,21H,5H2. The minimum absolute atomic E-state index is 0.0951. The van der Waals surface area contributed by atoms with E-state index in [4.69, 9.17) is 11.6 Å². The minimum atomic E-state index is -3.44. The molecule has 0 bridgehead atoms. The average molecular weight is 325 g/mol. The molecular formula is C12H9ClF4N2O2. The van der Waals surface area contributed by atoms with Crippen molar-refractivity contribution in [1.82, 2.24) is 10.4 Å². The Morgan fingerprint density at radius 1 is 1.43 bits per heavy atom. The van der Waals surface area contributed by atoms with E-state index in [1.54, 1.807) is 0 Å². The van der Waals surface area contributed by atoms with Gasteiger partial charge < -0.3 is 5.11 Å². The lowest BCUT2D eigenvalue weighted by Crippen LogP contribution is -2.55. The Balaban J connectivity index is 2.40. The maximum Gasteiger partial charge on any atom is 0.291 e. The lowest BCUT2D eigenvalue weighted by atomic mass is 10.1. The summed E-state index contributed by atoms with van der Waals surface area (Å²) in [5.41, 5.74) is -2.30. The van der Waals surface area contributed by atoms with Crippen LogP contribution in [0, 0.1) is 0 Å². The fourth-order valence-corrected chi connectivity index (χ4v) is 2.06. The summed E-state index contributed by atoms with van der Waals surface area (Å²) in [6.45, 7) is 0. The summed E-state index contributed by atoms with van der Waals surface area (Å²) in [5.74, 6) is -1.10. The molecule has 114 valence electrons. The smallest absolute Gasteiger partial charge is 0.291 e. The fourth-order valence-electron chi connectivity index (χ4n) is 1.87. The minimum Gasteiger partial charge on any atom is -0.364 e. The van der Waals surface area contributed by atoms with Crippen LogP contribution in [-0.4, -0.2) is 28.2 Å². The predicted octanol–water partition coefficient (Wildman–Crippen LogP) is 2.75. The predicted molar refractivity (Wildman–Crippen MR) is 65.6 cm³/mol. The van der Waals surface area contributed by atoms with Gasteiger partial charge in [-0.05, 0) is 18.2 Å². The molecule has 1 saturated heterocycles. The Hall–Kier alpha value is -1.80. The highest BCUT2D eigenvalue weighted by Crippen LogP contribution is 2.35. The van der Waals surface area contributed by atoms with Crippen molar-refractivity contribution in [3.8, 4) is 0 Å². The SMILES string of the molecule is O=C(c1cccc(Cl)c1)N1NC(=C(F)F)CC1(O)C(F)F. The van der Waals surface area contributed by atoms with Crippen LogP contribution in [0.25, 0.3) is 0 Å². The molecule has 21 heavy (non-hydrogen) atoms. The highest BCUT2D eigenvalue weighted by Gasteiger charge is 2.53. The highest BCUT2D eigenvalue weighted by atomic mass is 35.5. The molecule has 1 aliphatic rings. The average Bonchev–Trinajstić information content (AvgIpc) is 2.77. The molecule has 1 aromatic rings. The van der Waals surface area contributed by atoms with E-state index in [-0.39, 0.29) is 15.6 Å². The van der Waals surface area contributed by atoms with Crippen LogP contribution in [0.2, 0.25) is 5.02 Å². The molecule has 0 aromatic heterocycles. The van der Waals surface area contributed by atoms with Crippen molar-refractivity contribution < 1.29 is 27.5 Å². The second-order valence-corrected chi connectivity index (χ2v) is 4.79. The topological polar surface area (TPSA) is 52.6 Å². The summed E-state index contributed by atoms with van der Waals surface area (Å²) >= 11 is 5.68. The quantitative estimate of drug-likeness (QED) is 0.823. The van der Waals surface area contributed by atoms with E-state index in [1.165, 1.54) is 24.3 Å². The van der Waals surface area contributed by atoms with E-state index in [9.17, 15) is 27.5 Å². The number of nitrogens with zero attached hydrogens (tertiary/aromatic N) is 1. The van der Waals surface area contributed by atoms with Crippen LogP contribution in [-0.2, 0) is 0 Å². The van der Waals surface area contributed by atoms with Gasteiger partial charge >= 0.3 is 0 Å². The van der Waals surface area contributed by atoms with Crippen LogP contribution in [0.4, 0.5) is 17.6 Å². The number of benzene rings is 1. The number of carbonyl (C=O) groups excluding carboxylic acids is 1. The first-order valence-corrected chi connectivity index (χ1v) is 6.05. The van der Waals surface area contributed by atoms with Crippen molar-refractivity contribution in [2.75, 3.05) is 0 Å². The Morgan fingerprint density at radius 2 is 2.10 bits per heavy atom. The van der Waals surface area contributed by atoms with Crippen LogP contribution in [0.15, 0.2) is 36.0 Å². The molecule has 4 nitrogen and oxygen atoms in total. The van der Waals surface area contributed by atoms with Crippen LogP contribution >= 0.6 is 11.6 Å². The number of hydrazine groups is 1. The Labute approximate surface area is 121 Å². The molecule has 0 aliphatic carbocycles. The molecule has 1 unspecified atom stereocenters. The number of aliphatic hydroxyl groups is 1. The van der Waals surface area contributed by atoms with E-state index >= 15 is 0 Å². The van der Waals surface area contributed by atoms with E-state index in [1.807, 2.05) is 5.43 Å². The number of nitrogens with one attached hydrogen (secondary N) is 1. The number of amides is 1. The number of hydrogen-bond donors (Lipinski definition) is 2. The second-order valence-electron chi connectivity index (χ2n) is 4.36. The monoisotopic (exact) mass is 324 g/mol. The maximum absolute atomic E-state index is 13.0. The van der Waals surface area contributed by atoms with Gasteiger partial charge in [-0.3, -0.25) is 10.2 Å². The molecule has 9 heteroatoms. The van der Waals surface area contributed by atoms with Crippen molar-refractivity contribution in [3.05, 3.63) is 46.6 Å². The van der Waals surface area contributed by atoms with Gasteiger partial charge in [0.15, 0.2) is 0 Å². The van der Waals surface area contributed by atoms with Gasteiger partial charge in [-0.15, -0.1) is 0 Å². The summed E-state index contributed by atoms with van der Waals surface area (Å²) in [4.78, 5) is 12.1. The molecule has 2 rings (SSSR count). The van der Waals surface area contributed by atoms with E-state index in [0.717, 1.165) is 0 Å². The summed E-state index contributed by atoms with van der Waals surface area (Å²) in [6, 6.07) is 5.27. The Kier molecular flexibility index (Phi) is 4.11. The van der Waals surface area contributed by atoms with Crippen molar-refractivity contribution >= 4 is 17.5 Å². The number of alkyl halides is 2. The third-order valence-electron chi connectivity index (χ3n) is 2.92. The number of carbonyl (C=O) groups is 1. The van der Waals surface area contributed by atoms with Gasteiger partial charge in [0.2, 0.25) is 5.72 Å². The molecule has 1 amide bonds. The third kappa shape index (κ3) is 2.81. The zero-order valence-electron chi connectivity index (χ0n) is 10.3. The lowest BCUT2D eigenvalue weighted by Gasteiger charge is -2.31. The summed E-state index contributed by atoms with van der Waals surface area (Å²) < 4.78 is 51.1. The van der Waals surface area contributed by atoms with Gasteiger partial charge in [0.05, 0.1) is 6.42 Å². The molecule has 0 radical (unpaired) electrons. The van der Waals surface area contributed by atoms with E-state index in [2.05, 4.69) is 0 Å².